The van der Waals surface area contributed by atoms with Gasteiger partial charge in [0.05, 0.1) is 0 Å². The van der Waals surface area contributed by atoms with Crippen LogP contribution in [0.3, 0.4) is 0 Å². The third kappa shape index (κ3) is 7.19. The molecule has 6 fully saturated rings. The predicted molar refractivity (Wildman–Crippen MR) is 186 cm³/mol. The summed E-state index contributed by atoms with van der Waals surface area (Å²) in [5.41, 5.74) is 0. The zero-order chi connectivity index (χ0) is 26.4. The van der Waals surface area contributed by atoms with Crippen molar-refractivity contribution in [2.45, 2.75) is 216 Å². The van der Waals surface area contributed by atoms with Gasteiger partial charge in [-0.05, 0) is 0 Å². The van der Waals surface area contributed by atoms with Gasteiger partial charge in [-0.3, -0.25) is 0 Å². The molecule has 3 radical (unpaired) electrons. The maximum Gasteiger partial charge on any atom is 0 e. The van der Waals surface area contributed by atoms with E-state index in [1.807, 2.05) is 0 Å². The van der Waals surface area contributed by atoms with Gasteiger partial charge in [0.2, 0.25) is 0 Å². The van der Waals surface area contributed by atoms with Gasteiger partial charge >= 0.3 is 256 Å². The van der Waals surface area contributed by atoms with E-state index in [9.17, 15) is 0 Å². The van der Waals surface area contributed by atoms with E-state index in [0.29, 0.717) is 0 Å². The van der Waals surface area contributed by atoms with Gasteiger partial charge in [0.1, 0.15) is 0 Å². The van der Waals surface area contributed by atoms with Crippen LogP contribution in [0, 0.1) is 0 Å². The minimum absolute atomic E-state index is 0. The van der Waals surface area contributed by atoms with Crippen LogP contribution in [-0.2, 0) is 0 Å². The fourth-order valence-electron chi connectivity index (χ4n) is 12.1. The van der Waals surface area contributed by atoms with Crippen molar-refractivity contribution in [3.63, 3.8) is 0 Å². The van der Waals surface area contributed by atoms with Crippen LogP contribution < -0.4 is 0 Å². The van der Waals surface area contributed by atoms with Crippen molar-refractivity contribution in [1.29, 1.82) is 0 Å². The van der Waals surface area contributed by atoms with Crippen molar-refractivity contribution in [2.75, 3.05) is 0 Å². The van der Waals surface area contributed by atoms with Crippen LogP contribution in [-0.4, -0.2) is 42.4 Å². The second kappa shape index (κ2) is 16.5. The van der Waals surface area contributed by atoms with E-state index in [-0.39, 0.29) is 8.41 Å². The average molecular weight is 779 g/mol. The smallest absolute Gasteiger partial charge is 0 e. The van der Waals surface area contributed by atoms with Crippen LogP contribution in [0.15, 0.2) is 0 Å². The molecule has 0 nitrogen and oxygen atoms in total. The molecule has 0 aromatic rings. The summed E-state index contributed by atoms with van der Waals surface area (Å²) >= 11 is -5.18. The molecule has 0 spiro atoms. The van der Waals surface area contributed by atoms with E-state index in [2.05, 4.69) is 6.13 Å². The van der Waals surface area contributed by atoms with Crippen LogP contribution in [0.2, 0.25) is 23.6 Å². The summed E-state index contributed by atoms with van der Waals surface area (Å²) < 4.78 is 7.81. The van der Waals surface area contributed by atoms with Gasteiger partial charge in [-0.2, -0.15) is 0 Å². The molecule has 0 aromatic heterocycles. The fourth-order valence-corrected chi connectivity index (χ4v) is 164. The van der Waals surface area contributed by atoms with Gasteiger partial charge in [-0.25, -0.2) is 0 Å². The van der Waals surface area contributed by atoms with E-state index < -0.39 is 34.0 Å². The maximum absolute atomic E-state index is 3.34. The van der Waals surface area contributed by atoms with Gasteiger partial charge in [0.25, 0.3) is 0 Å². The first-order chi connectivity index (χ1) is 19.3. The SMILES string of the molecule is C1CC[CH]([Sn]([S][Sn]([CH]2CCCCC2)([CH]2CCCCC2)[CH]2CCCCC2)([CH]2CCCCC2)[CH]2CCCCC2)CC1.[B]. The molecule has 0 unspecified atom stereocenters. The molecule has 0 bridgehead atoms. The zero-order valence-corrected chi connectivity index (χ0v) is 33.2. The molecule has 0 aliphatic heterocycles. The molecule has 6 saturated carbocycles. The van der Waals surface area contributed by atoms with Crippen molar-refractivity contribution in [3.8, 4) is 0 Å². The van der Waals surface area contributed by atoms with Crippen molar-refractivity contribution in [1.82, 2.24) is 0 Å². The molecule has 0 aromatic carbocycles. The predicted octanol–water partition coefficient (Wildman–Crippen LogP) is 13.2. The standard InChI is InChI=1S/6C6H11.B.S.2Sn/c6*1-2-4-6-5-3-1;;;;/h6*1H,2-6H2;;;;. The summed E-state index contributed by atoms with van der Waals surface area (Å²) in [5.74, 6) is 0. The summed E-state index contributed by atoms with van der Waals surface area (Å²) in [4.78, 5) is 0. The Morgan fingerprint density at radius 3 is 0.550 bits per heavy atom. The van der Waals surface area contributed by atoms with Gasteiger partial charge in [-0.1, -0.05) is 0 Å². The molecule has 0 amide bonds. The van der Waals surface area contributed by atoms with Crippen LogP contribution in [0.25, 0.3) is 0 Å². The molecular formula is C36H66BSSn2. The maximum atomic E-state index is 3.34. The quantitative estimate of drug-likeness (QED) is 0.221. The summed E-state index contributed by atoms with van der Waals surface area (Å²) in [5, 5.41) is 0. The minimum atomic E-state index is -2.59. The number of hydrogen-bond acceptors (Lipinski definition) is 1. The third-order valence-corrected chi connectivity index (χ3v) is 106. The van der Waals surface area contributed by atoms with Crippen LogP contribution in [0.4, 0.5) is 0 Å². The molecule has 40 heavy (non-hydrogen) atoms. The molecule has 0 N–H and O–H groups in total. The second-order valence-electron chi connectivity index (χ2n) is 15.8. The van der Waals surface area contributed by atoms with E-state index in [4.69, 9.17) is 0 Å². The van der Waals surface area contributed by atoms with Gasteiger partial charge in [-0.15, -0.1) is 0 Å². The minimum Gasteiger partial charge on any atom is 0 e. The first kappa shape index (κ1) is 33.4. The topological polar surface area (TPSA) is 0 Å². The summed E-state index contributed by atoms with van der Waals surface area (Å²) in [6.45, 7) is 0. The van der Waals surface area contributed by atoms with Gasteiger partial charge < -0.3 is 0 Å². The van der Waals surface area contributed by atoms with E-state index in [1.54, 1.807) is 193 Å². The average Bonchev–Trinajstić information content (AvgIpc) is 3.04. The molecule has 6 rings (SSSR count). The number of rotatable bonds is 8. The molecule has 4 heteroatoms. The van der Waals surface area contributed by atoms with Crippen molar-refractivity contribution in [2.24, 2.45) is 0 Å². The molecule has 0 atom stereocenters. The Kier molecular flexibility index (Phi) is 13.8. The molecule has 227 valence electrons. The van der Waals surface area contributed by atoms with Crippen molar-refractivity contribution >= 4 is 48.5 Å². The first-order valence-corrected chi connectivity index (χ1v) is 36.7. The van der Waals surface area contributed by atoms with Crippen LogP contribution >= 0.6 is 6.13 Å². The Bertz CT molecular complexity index is 557. The van der Waals surface area contributed by atoms with E-state index >= 15 is 0 Å². The summed E-state index contributed by atoms with van der Waals surface area (Å²) in [7, 11) is 0. The molecule has 6 aliphatic carbocycles. The Morgan fingerprint density at radius 2 is 0.400 bits per heavy atom. The van der Waals surface area contributed by atoms with E-state index in [1.165, 1.54) is 23.6 Å². The molecular weight excluding hydrogens is 713 g/mol. The Hall–Kier alpha value is 2.01. The first-order valence-electron chi connectivity index (χ1n) is 19.0. The van der Waals surface area contributed by atoms with Crippen LogP contribution in [0.5, 0.6) is 0 Å². The Balaban J connectivity index is 0.00000323. The van der Waals surface area contributed by atoms with E-state index in [0.717, 1.165) is 0 Å². The van der Waals surface area contributed by atoms with Gasteiger partial charge in [0, 0.05) is 8.41 Å². The van der Waals surface area contributed by atoms with Gasteiger partial charge in [0.15, 0.2) is 0 Å². The zero-order valence-electron chi connectivity index (χ0n) is 26.7. The molecule has 6 aliphatic rings. The number of hydrogen-bond donors (Lipinski definition) is 0. The summed E-state index contributed by atoms with van der Waals surface area (Å²) in [6, 6.07) is 0. The van der Waals surface area contributed by atoms with Crippen molar-refractivity contribution in [3.05, 3.63) is 0 Å². The van der Waals surface area contributed by atoms with Crippen LogP contribution in [0.1, 0.15) is 193 Å². The monoisotopic (exact) mass is 781 g/mol. The normalized spacial score (nSPS) is 28.8. The third-order valence-electron chi connectivity index (χ3n) is 13.8. The molecule has 0 heterocycles. The van der Waals surface area contributed by atoms with Crippen molar-refractivity contribution < 1.29 is 0 Å². The fraction of sp³-hybridized carbons (Fsp3) is 1.00. The second-order valence-corrected chi connectivity index (χ2v) is 62.7. The largest absolute Gasteiger partial charge is 0 e. The Labute approximate surface area is 262 Å². The molecule has 0 saturated heterocycles. The Morgan fingerprint density at radius 1 is 0.250 bits per heavy atom. The summed E-state index contributed by atoms with van der Waals surface area (Å²) in [6.07, 6.45) is 53.0.